The third-order valence-corrected chi connectivity index (χ3v) is 5.78. The van der Waals surface area contributed by atoms with Crippen LogP contribution in [0.3, 0.4) is 0 Å². The molecular weight excluding hydrogens is 532 g/mol. The number of ether oxygens (including phenoxy) is 1. The Labute approximate surface area is 195 Å². The van der Waals surface area contributed by atoms with E-state index in [-0.39, 0.29) is 22.8 Å². The fraction of sp³-hybridized carbons (Fsp3) is 0.143. The zero-order valence-corrected chi connectivity index (χ0v) is 18.9. The molecule has 32 heavy (non-hydrogen) atoms. The number of nitrogens with one attached hydrogen (secondary N) is 1. The van der Waals surface area contributed by atoms with Gasteiger partial charge in [-0.2, -0.15) is 0 Å². The van der Waals surface area contributed by atoms with Crippen molar-refractivity contribution in [3.63, 3.8) is 0 Å². The summed E-state index contributed by atoms with van der Waals surface area (Å²) in [6.07, 6.45) is 0.493. The molecule has 0 saturated carbocycles. The highest BCUT2D eigenvalue weighted by atomic mass is 127. The summed E-state index contributed by atoms with van der Waals surface area (Å²) < 4.78 is 22.2. The quantitative estimate of drug-likeness (QED) is 0.357. The number of carbonyl (C=O) groups is 1. The first-order chi connectivity index (χ1) is 15.3. The lowest BCUT2D eigenvalue weighted by molar-refractivity contribution is 0.0998. The number of hydrogen-bond donors (Lipinski definition) is 2. The van der Waals surface area contributed by atoms with Crippen LogP contribution in [0.4, 0.5) is 21.6 Å². The number of nitroso groups, excluding NO2 is 1. The van der Waals surface area contributed by atoms with Crippen LogP contribution in [0.2, 0.25) is 0 Å². The summed E-state index contributed by atoms with van der Waals surface area (Å²) in [4.78, 5) is 36.0. The Hall–Kier alpha value is -3.48. The predicted molar refractivity (Wildman–Crippen MR) is 126 cm³/mol. The Morgan fingerprint density at radius 2 is 2.03 bits per heavy atom. The van der Waals surface area contributed by atoms with E-state index in [4.69, 9.17) is 10.5 Å². The molecule has 1 aliphatic rings. The van der Waals surface area contributed by atoms with Gasteiger partial charge in [0.05, 0.1) is 16.7 Å². The lowest BCUT2D eigenvalue weighted by Gasteiger charge is -2.19. The third kappa shape index (κ3) is 3.90. The highest BCUT2D eigenvalue weighted by molar-refractivity contribution is 14.1. The van der Waals surface area contributed by atoms with Gasteiger partial charge in [0.25, 0.3) is 11.5 Å². The van der Waals surface area contributed by atoms with Crippen LogP contribution < -0.4 is 26.4 Å². The van der Waals surface area contributed by atoms with Gasteiger partial charge in [-0.1, -0.05) is 6.07 Å². The number of aromatic nitrogens is 1. The van der Waals surface area contributed by atoms with Gasteiger partial charge in [-0.3, -0.25) is 14.2 Å². The van der Waals surface area contributed by atoms with E-state index < -0.39 is 17.3 Å². The van der Waals surface area contributed by atoms with Crippen LogP contribution in [0.25, 0.3) is 0 Å². The summed E-state index contributed by atoms with van der Waals surface area (Å²) in [6.45, 7) is 0.386. The van der Waals surface area contributed by atoms with Gasteiger partial charge in [-0.15, -0.1) is 4.91 Å². The minimum Gasteiger partial charge on any atom is -0.456 e. The summed E-state index contributed by atoms with van der Waals surface area (Å²) in [5, 5.41) is 7.07. The molecule has 0 unspecified atom stereocenters. The molecule has 1 aliphatic heterocycles. The van der Waals surface area contributed by atoms with Crippen LogP contribution >= 0.6 is 22.6 Å². The number of amides is 1. The first-order valence-electron chi connectivity index (χ1n) is 9.46. The molecule has 0 saturated heterocycles. The SMILES string of the molecule is Cn1c(Nc2ccc(I)cc2F)c(C(N)=O)c(Oc2cccc3c2CCN3N=O)cc1=O. The van der Waals surface area contributed by atoms with Gasteiger partial charge < -0.3 is 15.8 Å². The molecule has 11 heteroatoms. The molecule has 1 amide bonds. The Morgan fingerprint density at radius 1 is 1.25 bits per heavy atom. The molecule has 9 nitrogen and oxygen atoms in total. The van der Waals surface area contributed by atoms with Crippen molar-refractivity contribution in [3.05, 3.63) is 78.2 Å². The molecule has 0 fully saturated rings. The van der Waals surface area contributed by atoms with Crippen molar-refractivity contribution in [3.8, 4) is 11.5 Å². The first kappa shape index (κ1) is 21.7. The summed E-state index contributed by atoms with van der Waals surface area (Å²) in [7, 11) is 1.43. The summed E-state index contributed by atoms with van der Waals surface area (Å²) >= 11 is 1.97. The van der Waals surface area contributed by atoms with Gasteiger partial charge in [0.15, 0.2) is 0 Å². The van der Waals surface area contributed by atoms with Gasteiger partial charge >= 0.3 is 0 Å². The zero-order chi connectivity index (χ0) is 23.0. The molecule has 164 valence electrons. The smallest absolute Gasteiger partial charge is 0.256 e. The molecule has 3 aromatic rings. The van der Waals surface area contributed by atoms with E-state index in [2.05, 4.69) is 10.6 Å². The van der Waals surface area contributed by atoms with Crippen LogP contribution in [-0.4, -0.2) is 17.0 Å². The van der Waals surface area contributed by atoms with Crippen molar-refractivity contribution in [2.45, 2.75) is 6.42 Å². The topological polar surface area (TPSA) is 119 Å². The summed E-state index contributed by atoms with van der Waals surface area (Å²) in [6, 6.07) is 10.7. The van der Waals surface area contributed by atoms with E-state index in [0.717, 1.165) is 10.6 Å². The number of fused-ring (bicyclic) bond motifs is 1. The van der Waals surface area contributed by atoms with Crippen molar-refractivity contribution >= 4 is 45.7 Å². The van der Waals surface area contributed by atoms with E-state index in [1.54, 1.807) is 24.3 Å². The largest absolute Gasteiger partial charge is 0.456 e. The highest BCUT2D eigenvalue weighted by Crippen LogP contribution is 2.39. The molecule has 2 aromatic carbocycles. The molecule has 0 bridgehead atoms. The number of nitrogens with two attached hydrogens (primary N) is 1. The van der Waals surface area contributed by atoms with E-state index in [1.807, 2.05) is 22.6 Å². The van der Waals surface area contributed by atoms with Crippen molar-refractivity contribution in [1.29, 1.82) is 0 Å². The number of pyridine rings is 1. The predicted octanol–water partition coefficient (Wildman–Crippen LogP) is 3.81. The van der Waals surface area contributed by atoms with Crippen LogP contribution in [0.15, 0.2) is 52.5 Å². The fourth-order valence-corrected chi connectivity index (χ4v) is 4.00. The summed E-state index contributed by atoms with van der Waals surface area (Å²) in [5.41, 5.74) is 6.37. The fourth-order valence-electron chi connectivity index (χ4n) is 3.54. The molecule has 1 aromatic heterocycles. The van der Waals surface area contributed by atoms with Crippen molar-refractivity contribution in [2.75, 3.05) is 16.9 Å². The summed E-state index contributed by atoms with van der Waals surface area (Å²) in [5.74, 6) is -1.17. The van der Waals surface area contributed by atoms with E-state index in [9.17, 15) is 18.9 Å². The normalized spacial score (nSPS) is 12.4. The molecule has 0 atom stereocenters. The first-order valence-corrected chi connectivity index (χ1v) is 10.5. The lowest BCUT2D eigenvalue weighted by Crippen LogP contribution is -2.25. The van der Waals surface area contributed by atoms with Crippen LogP contribution in [0.5, 0.6) is 11.5 Å². The van der Waals surface area contributed by atoms with E-state index in [0.29, 0.717) is 33.5 Å². The Kier molecular flexibility index (Phi) is 5.82. The Balaban J connectivity index is 1.82. The number of benzene rings is 2. The van der Waals surface area contributed by atoms with Gasteiger partial charge in [0.1, 0.15) is 28.7 Å². The van der Waals surface area contributed by atoms with Crippen LogP contribution in [0, 0.1) is 14.3 Å². The van der Waals surface area contributed by atoms with Gasteiger partial charge in [-0.05, 0) is 59.3 Å². The minimum atomic E-state index is -0.868. The number of nitrogens with zero attached hydrogens (tertiary/aromatic N) is 3. The van der Waals surface area contributed by atoms with Gasteiger partial charge in [0.2, 0.25) is 0 Å². The Bertz CT molecular complexity index is 1310. The monoisotopic (exact) mass is 549 g/mol. The molecule has 3 N–H and O–H groups in total. The molecule has 2 heterocycles. The van der Waals surface area contributed by atoms with E-state index >= 15 is 0 Å². The second-order valence-electron chi connectivity index (χ2n) is 7.05. The zero-order valence-electron chi connectivity index (χ0n) is 16.8. The molecular formula is C21H17FIN5O4. The average Bonchev–Trinajstić information content (AvgIpc) is 3.17. The van der Waals surface area contributed by atoms with Gasteiger partial charge in [-0.25, -0.2) is 9.40 Å². The molecule has 0 aliphatic carbocycles. The lowest BCUT2D eigenvalue weighted by atomic mass is 10.1. The third-order valence-electron chi connectivity index (χ3n) is 5.11. The standard InChI is InChI=1S/C21H17FIN5O4/c1-27-18(29)10-17(32-16-4-2-3-15-12(16)7-8-28(15)26-31)19(20(24)30)21(27)25-14-6-5-11(23)9-13(14)22/h2-6,9-10,25H,7-8H2,1H3,(H2,24,30). The number of hydrogen-bond acceptors (Lipinski definition) is 6. The van der Waals surface area contributed by atoms with Crippen LogP contribution in [-0.2, 0) is 13.5 Å². The minimum absolute atomic E-state index is 0.0103. The maximum Gasteiger partial charge on any atom is 0.256 e. The van der Waals surface area contributed by atoms with Crippen LogP contribution in [0.1, 0.15) is 15.9 Å². The van der Waals surface area contributed by atoms with Crippen molar-refractivity contribution < 1.29 is 13.9 Å². The maximum absolute atomic E-state index is 14.4. The second kappa shape index (κ2) is 8.57. The van der Waals surface area contributed by atoms with E-state index in [1.165, 1.54) is 24.2 Å². The van der Waals surface area contributed by atoms with Crippen molar-refractivity contribution in [2.24, 2.45) is 18.1 Å². The average molecular weight is 549 g/mol. The number of rotatable bonds is 6. The molecule has 0 radical (unpaired) electrons. The van der Waals surface area contributed by atoms with Gasteiger partial charge in [0, 0.05) is 28.8 Å². The molecule has 4 rings (SSSR count). The number of halogens is 2. The maximum atomic E-state index is 14.4. The number of anilines is 3. The number of primary amides is 1. The number of carbonyl (C=O) groups excluding carboxylic acids is 1. The highest BCUT2D eigenvalue weighted by Gasteiger charge is 2.26. The van der Waals surface area contributed by atoms with Crippen molar-refractivity contribution in [1.82, 2.24) is 4.57 Å². The Morgan fingerprint density at radius 3 is 2.72 bits per heavy atom. The molecule has 0 spiro atoms. The second-order valence-corrected chi connectivity index (χ2v) is 8.30.